The molecule has 0 bridgehead atoms. The quantitative estimate of drug-likeness (QED) is 0.744. The molecule has 0 amide bonds. The molecule has 1 aliphatic heterocycles. The number of H-pyrrole nitrogens is 1. The van der Waals surface area contributed by atoms with Crippen molar-refractivity contribution in [2.75, 3.05) is 13.1 Å². The lowest BCUT2D eigenvalue weighted by Gasteiger charge is -2.35. The number of piperidine rings is 1. The van der Waals surface area contributed by atoms with Gasteiger partial charge in [-0.05, 0) is 18.5 Å². The first-order valence-electron chi connectivity index (χ1n) is 8.48. The van der Waals surface area contributed by atoms with Crippen molar-refractivity contribution < 1.29 is 5.11 Å². The molecule has 3 heterocycles. The van der Waals surface area contributed by atoms with Crippen molar-refractivity contribution in [1.29, 1.82) is 0 Å². The molecule has 130 valence electrons. The summed E-state index contributed by atoms with van der Waals surface area (Å²) in [4.78, 5) is 21.6. The fourth-order valence-corrected chi connectivity index (χ4v) is 3.59. The standard InChI is InChI=1S/C18H21N5O2/c1-22-17-14(9-19-22)18(25)21-16(20-17)11-23-8-7-13(15(24)10-23)12-5-3-2-4-6-12/h2-6,9,13,15,24H,7-8,10-11H2,1H3,(H,20,21,25)/t13-,15+/m0/s1. The van der Waals surface area contributed by atoms with Crippen molar-refractivity contribution in [2.24, 2.45) is 7.05 Å². The van der Waals surface area contributed by atoms with Crippen molar-refractivity contribution in [2.45, 2.75) is 25.0 Å². The Labute approximate surface area is 144 Å². The van der Waals surface area contributed by atoms with E-state index in [1.54, 1.807) is 11.7 Å². The SMILES string of the molecule is Cn1ncc2c(=O)[nH]c(CN3CC[C@@H](c4ccccc4)[C@H](O)C3)nc21. The number of aromatic amines is 1. The van der Waals surface area contributed by atoms with Crippen LogP contribution in [0.4, 0.5) is 0 Å². The van der Waals surface area contributed by atoms with E-state index < -0.39 is 6.10 Å². The molecule has 4 rings (SSSR count). The Morgan fingerprint density at radius 2 is 2.12 bits per heavy atom. The maximum Gasteiger partial charge on any atom is 0.262 e. The number of benzene rings is 1. The van der Waals surface area contributed by atoms with E-state index in [0.717, 1.165) is 13.0 Å². The summed E-state index contributed by atoms with van der Waals surface area (Å²) >= 11 is 0. The van der Waals surface area contributed by atoms with E-state index in [-0.39, 0.29) is 11.5 Å². The first-order chi connectivity index (χ1) is 12.1. The van der Waals surface area contributed by atoms with Gasteiger partial charge in [0.15, 0.2) is 5.65 Å². The molecule has 7 nitrogen and oxygen atoms in total. The highest BCUT2D eigenvalue weighted by molar-refractivity contribution is 5.72. The fraction of sp³-hybridized carbons (Fsp3) is 0.389. The zero-order valence-corrected chi connectivity index (χ0v) is 14.1. The van der Waals surface area contributed by atoms with E-state index in [2.05, 4.69) is 32.1 Å². The smallest absolute Gasteiger partial charge is 0.262 e. The molecular formula is C18H21N5O2. The predicted molar refractivity (Wildman–Crippen MR) is 94.2 cm³/mol. The van der Waals surface area contributed by atoms with E-state index in [0.29, 0.717) is 29.9 Å². The minimum absolute atomic E-state index is 0.156. The van der Waals surface area contributed by atoms with E-state index in [1.807, 2.05) is 18.2 Å². The van der Waals surface area contributed by atoms with Gasteiger partial charge >= 0.3 is 0 Å². The normalized spacial score (nSPS) is 21.7. The zero-order valence-electron chi connectivity index (χ0n) is 14.1. The summed E-state index contributed by atoms with van der Waals surface area (Å²) in [5, 5.41) is 15.1. The highest BCUT2D eigenvalue weighted by Gasteiger charge is 2.29. The molecule has 0 radical (unpaired) electrons. The Morgan fingerprint density at radius 3 is 2.88 bits per heavy atom. The predicted octanol–water partition coefficient (Wildman–Crippen LogP) is 1.01. The highest BCUT2D eigenvalue weighted by atomic mass is 16.3. The first kappa shape index (κ1) is 16.0. The zero-order chi connectivity index (χ0) is 17.4. The van der Waals surface area contributed by atoms with E-state index >= 15 is 0 Å². The number of fused-ring (bicyclic) bond motifs is 1. The lowest BCUT2D eigenvalue weighted by molar-refractivity contribution is 0.0465. The van der Waals surface area contributed by atoms with Crippen LogP contribution in [0.15, 0.2) is 41.3 Å². The third-order valence-corrected chi connectivity index (χ3v) is 4.92. The van der Waals surface area contributed by atoms with Crippen molar-refractivity contribution in [3.63, 3.8) is 0 Å². The van der Waals surface area contributed by atoms with Crippen molar-refractivity contribution >= 4 is 11.0 Å². The molecule has 1 fully saturated rings. The third kappa shape index (κ3) is 3.08. The van der Waals surface area contributed by atoms with Crippen molar-refractivity contribution in [1.82, 2.24) is 24.6 Å². The van der Waals surface area contributed by atoms with E-state index in [4.69, 9.17) is 0 Å². The van der Waals surface area contributed by atoms with Crippen molar-refractivity contribution in [3.05, 3.63) is 58.3 Å². The van der Waals surface area contributed by atoms with Gasteiger partial charge < -0.3 is 10.1 Å². The fourth-order valence-electron chi connectivity index (χ4n) is 3.59. The van der Waals surface area contributed by atoms with Crippen LogP contribution in [-0.2, 0) is 13.6 Å². The summed E-state index contributed by atoms with van der Waals surface area (Å²) in [5.74, 6) is 0.760. The monoisotopic (exact) mass is 339 g/mol. The topological polar surface area (TPSA) is 87.0 Å². The first-order valence-corrected chi connectivity index (χ1v) is 8.48. The van der Waals surface area contributed by atoms with E-state index in [9.17, 15) is 9.90 Å². The van der Waals surface area contributed by atoms with Crippen LogP contribution in [0, 0.1) is 0 Å². The Bertz CT molecular complexity index is 934. The maximum atomic E-state index is 12.1. The molecule has 25 heavy (non-hydrogen) atoms. The van der Waals surface area contributed by atoms with Gasteiger partial charge in [0.25, 0.3) is 5.56 Å². The summed E-state index contributed by atoms with van der Waals surface area (Å²) < 4.78 is 1.60. The molecule has 2 aromatic heterocycles. The summed E-state index contributed by atoms with van der Waals surface area (Å²) in [5.41, 5.74) is 1.59. The molecule has 0 aliphatic carbocycles. The average molecular weight is 339 g/mol. The van der Waals surface area contributed by atoms with Gasteiger partial charge in [0, 0.05) is 19.5 Å². The van der Waals surface area contributed by atoms with Crippen LogP contribution in [0.3, 0.4) is 0 Å². The Hall–Kier alpha value is -2.51. The van der Waals surface area contributed by atoms with Gasteiger partial charge in [-0.3, -0.25) is 14.4 Å². The van der Waals surface area contributed by atoms with Crippen LogP contribution in [-0.4, -0.2) is 48.9 Å². The number of aliphatic hydroxyl groups excluding tert-OH is 1. The summed E-state index contributed by atoms with van der Waals surface area (Å²) in [6.07, 6.45) is 1.98. The second kappa shape index (κ2) is 6.42. The second-order valence-electron chi connectivity index (χ2n) is 6.63. The van der Waals surface area contributed by atoms with Crippen LogP contribution in [0.2, 0.25) is 0 Å². The molecule has 1 aliphatic rings. The van der Waals surface area contributed by atoms with Gasteiger partial charge in [-0.15, -0.1) is 0 Å². The van der Waals surface area contributed by atoms with Gasteiger partial charge in [0.2, 0.25) is 0 Å². The number of aromatic nitrogens is 4. The lowest BCUT2D eigenvalue weighted by Crippen LogP contribution is -2.42. The molecule has 2 atom stereocenters. The van der Waals surface area contributed by atoms with Gasteiger partial charge in [-0.1, -0.05) is 30.3 Å². The van der Waals surface area contributed by atoms with Gasteiger partial charge in [0.05, 0.1) is 18.8 Å². The molecule has 7 heteroatoms. The van der Waals surface area contributed by atoms with Crippen LogP contribution in [0.25, 0.3) is 11.0 Å². The number of nitrogens with zero attached hydrogens (tertiary/aromatic N) is 4. The highest BCUT2D eigenvalue weighted by Crippen LogP contribution is 2.28. The van der Waals surface area contributed by atoms with Crippen LogP contribution >= 0.6 is 0 Å². The minimum Gasteiger partial charge on any atom is -0.391 e. The third-order valence-electron chi connectivity index (χ3n) is 4.92. The lowest BCUT2D eigenvalue weighted by atomic mass is 9.87. The van der Waals surface area contributed by atoms with Crippen molar-refractivity contribution in [3.8, 4) is 0 Å². The number of nitrogens with one attached hydrogen (secondary N) is 1. The number of hydrogen-bond acceptors (Lipinski definition) is 5. The van der Waals surface area contributed by atoms with Crippen LogP contribution in [0.1, 0.15) is 23.7 Å². The number of hydrogen-bond donors (Lipinski definition) is 2. The number of β-amino-alcohol motifs (C(OH)–C–C–N with tert-alkyl or cyclic N) is 1. The molecule has 3 aromatic rings. The second-order valence-corrected chi connectivity index (χ2v) is 6.63. The van der Waals surface area contributed by atoms with E-state index in [1.165, 1.54) is 11.8 Å². The number of likely N-dealkylation sites (tertiary alicyclic amines) is 1. The number of rotatable bonds is 3. The largest absolute Gasteiger partial charge is 0.391 e. The Kier molecular flexibility index (Phi) is 4.10. The summed E-state index contributed by atoms with van der Waals surface area (Å²) in [6.45, 7) is 1.92. The van der Waals surface area contributed by atoms with Crippen LogP contribution < -0.4 is 5.56 Å². The van der Waals surface area contributed by atoms with Crippen LogP contribution in [0.5, 0.6) is 0 Å². The molecule has 2 N–H and O–H groups in total. The molecule has 1 saturated heterocycles. The average Bonchev–Trinajstić information content (AvgIpc) is 2.98. The number of aryl methyl sites for hydroxylation is 1. The Balaban J connectivity index is 1.50. The van der Waals surface area contributed by atoms with Gasteiger partial charge in [-0.25, -0.2) is 4.98 Å². The summed E-state index contributed by atoms with van der Waals surface area (Å²) in [7, 11) is 1.77. The van der Waals surface area contributed by atoms with Gasteiger partial charge in [0.1, 0.15) is 11.2 Å². The van der Waals surface area contributed by atoms with Gasteiger partial charge in [-0.2, -0.15) is 5.10 Å². The molecule has 1 aromatic carbocycles. The maximum absolute atomic E-state index is 12.1. The Morgan fingerprint density at radius 1 is 1.32 bits per heavy atom. The number of aliphatic hydroxyl groups is 1. The molecular weight excluding hydrogens is 318 g/mol. The summed E-state index contributed by atoms with van der Waals surface area (Å²) in [6, 6.07) is 10.1. The molecule has 0 saturated carbocycles. The molecule has 0 unspecified atom stereocenters. The molecule has 0 spiro atoms. The minimum atomic E-state index is -0.427.